The first-order chi connectivity index (χ1) is 6.82. The van der Waals surface area contributed by atoms with Gasteiger partial charge in [-0.25, -0.2) is 0 Å². The van der Waals surface area contributed by atoms with Gasteiger partial charge in [-0.05, 0) is 11.8 Å². The highest BCUT2D eigenvalue weighted by atomic mass is 16.6. The minimum atomic E-state index is -0.604. The van der Waals surface area contributed by atoms with E-state index in [0.29, 0.717) is 18.5 Å². The van der Waals surface area contributed by atoms with Crippen molar-refractivity contribution < 1.29 is 9.72 Å². The molecule has 0 unspecified atom stereocenters. The number of hydrogen-bond donors (Lipinski definition) is 1. The third-order valence-corrected chi connectivity index (χ3v) is 2.32. The van der Waals surface area contributed by atoms with Crippen molar-refractivity contribution in [2.45, 2.75) is 26.7 Å². The molecule has 5 heteroatoms. The number of ketones is 1. The van der Waals surface area contributed by atoms with Gasteiger partial charge in [0.25, 0.3) is 0 Å². The molecule has 0 aromatic carbocycles. The molecule has 0 fully saturated rings. The standard InChI is InChI=1S/C10H14N2O3/c1-10(2)5-8(11)7(9(13)6-10)3-4-12(14)15/h3-4H,5-6,11H2,1-2H3/b4-3+. The number of hydrogen-bond acceptors (Lipinski definition) is 4. The first-order valence-corrected chi connectivity index (χ1v) is 4.65. The largest absolute Gasteiger partial charge is 0.401 e. The number of nitro groups is 1. The molecule has 5 nitrogen and oxygen atoms in total. The number of carbonyl (C=O) groups excluding carboxylic acids is 1. The summed E-state index contributed by atoms with van der Waals surface area (Å²) in [4.78, 5) is 21.1. The van der Waals surface area contributed by atoms with E-state index >= 15 is 0 Å². The van der Waals surface area contributed by atoms with Crippen LogP contribution in [0.3, 0.4) is 0 Å². The molecule has 0 heterocycles. The van der Waals surface area contributed by atoms with Crippen LogP contribution in [0.2, 0.25) is 0 Å². The van der Waals surface area contributed by atoms with Gasteiger partial charge in [-0.1, -0.05) is 13.8 Å². The average molecular weight is 210 g/mol. The lowest BCUT2D eigenvalue weighted by Crippen LogP contribution is -2.28. The maximum atomic E-state index is 11.6. The van der Waals surface area contributed by atoms with Crippen molar-refractivity contribution >= 4 is 5.78 Å². The van der Waals surface area contributed by atoms with E-state index in [2.05, 4.69) is 0 Å². The van der Waals surface area contributed by atoms with Crippen LogP contribution in [0.1, 0.15) is 26.7 Å². The fourth-order valence-electron chi connectivity index (χ4n) is 1.72. The molecule has 0 bridgehead atoms. The number of rotatable bonds is 2. The van der Waals surface area contributed by atoms with Crippen LogP contribution < -0.4 is 5.73 Å². The Morgan fingerprint density at radius 3 is 2.53 bits per heavy atom. The smallest absolute Gasteiger partial charge is 0.235 e. The fourth-order valence-corrected chi connectivity index (χ4v) is 1.72. The zero-order chi connectivity index (χ0) is 11.6. The Morgan fingerprint density at radius 2 is 2.07 bits per heavy atom. The molecule has 2 N–H and O–H groups in total. The van der Waals surface area contributed by atoms with Crippen molar-refractivity contribution in [2.75, 3.05) is 0 Å². The van der Waals surface area contributed by atoms with E-state index in [1.54, 1.807) is 0 Å². The van der Waals surface area contributed by atoms with E-state index in [9.17, 15) is 14.9 Å². The van der Waals surface area contributed by atoms with Gasteiger partial charge in [0.15, 0.2) is 5.78 Å². The minimum absolute atomic E-state index is 0.123. The highest BCUT2D eigenvalue weighted by Crippen LogP contribution is 2.34. The summed E-state index contributed by atoms with van der Waals surface area (Å²) in [6, 6.07) is 0. The molecule has 1 aliphatic carbocycles. The van der Waals surface area contributed by atoms with E-state index in [4.69, 9.17) is 5.73 Å². The van der Waals surface area contributed by atoms with Crippen LogP contribution in [0.25, 0.3) is 0 Å². The van der Waals surface area contributed by atoms with Crippen molar-refractivity contribution in [2.24, 2.45) is 11.1 Å². The van der Waals surface area contributed by atoms with Gasteiger partial charge in [-0.2, -0.15) is 0 Å². The summed E-state index contributed by atoms with van der Waals surface area (Å²) in [7, 11) is 0. The number of nitrogens with zero attached hydrogens (tertiary/aromatic N) is 1. The molecular weight excluding hydrogens is 196 g/mol. The summed E-state index contributed by atoms with van der Waals surface area (Å²) in [5, 5.41) is 10.1. The lowest BCUT2D eigenvalue weighted by atomic mass is 9.76. The molecule has 0 saturated carbocycles. The van der Waals surface area contributed by atoms with E-state index in [0.717, 1.165) is 6.20 Å². The summed E-state index contributed by atoms with van der Waals surface area (Å²) in [6.07, 6.45) is 2.91. The predicted octanol–water partition coefficient (Wildman–Crippen LogP) is 1.38. The number of carbonyl (C=O) groups is 1. The molecule has 82 valence electrons. The van der Waals surface area contributed by atoms with Crippen molar-refractivity contribution in [3.8, 4) is 0 Å². The predicted molar refractivity (Wildman–Crippen MR) is 55.4 cm³/mol. The van der Waals surface area contributed by atoms with Gasteiger partial charge in [0.05, 0.1) is 4.92 Å². The van der Waals surface area contributed by atoms with Gasteiger partial charge in [-0.3, -0.25) is 14.9 Å². The lowest BCUT2D eigenvalue weighted by Gasteiger charge is -2.29. The first kappa shape index (κ1) is 11.4. The Kier molecular flexibility index (Phi) is 2.93. The first-order valence-electron chi connectivity index (χ1n) is 4.65. The molecule has 0 aromatic rings. The van der Waals surface area contributed by atoms with Crippen molar-refractivity contribution in [3.63, 3.8) is 0 Å². The number of nitrogens with two attached hydrogens (primary N) is 1. The second kappa shape index (κ2) is 3.84. The van der Waals surface area contributed by atoms with Crippen LogP contribution in [0.4, 0.5) is 0 Å². The van der Waals surface area contributed by atoms with Crippen molar-refractivity contribution in [1.82, 2.24) is 0 Å². The van der Waals surface area contributed by atoms with Crippen LogP contribution in [0, 0.1) is 15.5 Å². The Morgan fingerprint density at radius 1 is 1.47 bits per heavy atom. The van der Waals surface area contributed by atoms with Gasteiger partial charge in [0.2, 0.25) is 6.20 Å². The second-order valence-corrected chi connectivity index (χ2v) is 4.48. The van der Waals surface area contributed by atoms with Gasteiger partial charge in [0.1, 0.15) is 0 Å². The van der Waals surface area contributed by atoms with Crippen LogP contribution >= 0.6 is 0 Å². The van der Waals surface area contributed by atoms with Gasteiger partial charge < -0.3 is 5.73 Å². The third-order valence-electron chi connectivity index (χ3n) is 2.32. The molecule has 0 aliphatic heterocycles. The summed E-state index contributed by atoms with van der Waals surface area (Å²) in [5.41, 5.74) is 6.29. The van der Waals surface area contributed by atoms with Crippen LogP contribution in [-0.2, 0) is 4.79 Å². The Bertz CT molecular complexity index is 367. The molecule has 15 heavy (non-hydrogen) atoms. The van der Waals surface area contributed by atoms with Crippen molar-refractivity contribution in [3.05, 3.63) is 33.7 Å². The van der Waals surface area contributed by atoms with E-state index in [-0.39, 0.29) is 16.8 Å². The summed E-state index contributed by atoms with van der Waals surface area (Å²) >= 11 is 0. The fraction of sp³-hybridized carbons (Fsp3) is 0.500. The van der Waals surface area contributed by atoms with E-state index < -0.39 is 4.92 Å². The summed E-state index contributed by atoms with van der Waals surface area (Å²) in [6.45, 7) is 3.90. The van der Waals surface area contributed by atoms with E-state index in [1.165, 1.54) is 6.08 Å². The number of allylic oxidation sites excluding steroid dienone is 3. The van der Waals surface area contributed by atoms with Crippen LogP contribution in [0.15, 0.2) is 23.5 Å². The maximum Gasteiger partial charge on any atom is 0.235 e. The molecule has 0 atom stereocenters. The monoisotopic (exact) mass is 210 g/mol. The summed E-state index contributed by atoms with van der Waals surface area (Å²) < 4.78 is 0. The quantitative estimate of drug-likeness (QED) is 0.551. The van der Waals surface area contributed by atoms with Gasteiger partial charge in [0, 0.05) is 23.8 Å². The lowest BCUT2D eigenvalue weighted by molar-refractivity contribution is -0.402. The molecular formula is C10H14N2O3. The second-order valence-electron chi connectivity index (χ2n) is 4.48. The highest BCUT2D eigenvalue weighted by molar-refractivity contribution is 5.99. The molecule has 1 rings (SSSR count). The normalized spacial score (nSPS) is 21.1. The molecule has 0 spiro atoms. The Labute approximate surface area is 87.8 Å². The Hall–Kier alpha value is -1.65. The minimum Gasteiger partial charge on any atom is -0.401 e. The Balaban J connectivity index is 2.97. The molecule has 0 radical (unpaired) electrons. The van der Waals surface area contributed by atoms with E-state index in [1.807, 2.05) is 13.8 Å². The van der Waals surface area contributed by atoms with Crippen molar-refractivity contribution in [1.29, 1.82) is 0 Å². The average Bonchev–Trinajstić information content (AvgIpc) is 1.98. The SMILES string of the molecule is CC1(C)CC(=O)C(/C=C/[N+](=O)[O-])=C(N)C1. The molecule has 0 amide bonds. The maximum absolute atomic E-state index is 11.6. The highest BCUT2D eigenvalue weighted by Gasteiger charge is 2.30. The molecule has 0 aromatic heterocycles. The van der Waals surface area contributed by atoms with Gasteiger partial charge >= 0.3 is 0 Å². The topological polar surface area (TPSA) is 86.2 Å². The zero-order valence-corrected chi connectivity index (χ0v) is 8.82. The molecule has 1 aliphatic rings. The molecule has 0 saturated heterocycles. The summed E-state index contributed by atoms with van der Waals surface area (Å²) in [5.74, 6) is -0.123. The third kappa shape index (κ3) is 2.90. The zero-order valence-electron chi connectivity index (χ0n) is 8.82. The van der Waals surface area contributed by atoms with Gasteiger partial charge in [-0.15, -0.1) is 0 Å². The number of Topliss-reactive ketones (excluding diaryl/α,β-unsaturated/α-hetero) is 1. The van der Waals surface area contributed by atoms with Crippen LogP contribution in [-0.4, -0.2) is 10.7 Å². The van der Waals surface area contributed by atoms with Crippen LogP contribution in [0.5, 0.6) is 0 Å².